The van der Waals surface area contributed by atoms with Gasteiger partial charge in [0.1, 0.15) is 0 Å². The summed E-state index contributed by atoms with van der Waals surface area (Å²) in [6, 6.07) is 8.41. The van der Waals surface area contributed by atoms with E-state index < -0.39 is 0 Å². The first kappa shape index (κ1) is 17.3. The van der Waals surface area contributed by atoms with Crippen molar-refractivity contribution >= 4 is 23.5 Å². The van der Waals surface area contributed by atoms with Gasteiger partial charge >= 0.3 is 0 Å². The van der Waals surface area contributed by atoms with E-state index >= 15 is 0 Å². The largest absolute Gasteiger partial charge is 0.492 e. The molecule has 2 aromatic rings. The van der Waals surface area contributed by atoms with Crippen molar-refractivity contribution in [2.24, 2.45) is 0 Å². The Morgan fingerprint density at radius 3 is 2.11 bits per heavy atom. The summed E-state index contributed by atoms with van der Waals surface area (Å²) >= 11 is 0. The summed E-state index contributed by atoms with van der Waals surface area (Å²) in [5.74, 6) is 2.37. The van der Waals surface area contributed by atoms with Crippen LogP contribution < -0.4 is 39.8 Å². The second-order valence-electron chi connectivity index (χ2n) is 6.44. The lowest BCUT2D eigenvalue weighted by Gasteiger charge is -2.32. The smallest absolute Gasteiger partial charge is 0.208 e. The fourth-order valence-electron chi connectivity index (χ4n) is 4.02. The maximum Gasteiger partial charge on any atom is 0.208 e. The van der Waals surface area contributed by atoms with Crippen LogP contribution in [0.25, 0.3) is 23.5 Å². The van der Waals surface area contributed by atoms with Crippen LogP contribution in [0.5, 0.6) is 23.0 Å². The third kappa shape index (κ3) is 2.38. The molecular weight excluding hydrogens is 342 g/mol. The molecule has 0 bridgehead atoms. The van der Waals surface area contributed by atoms with Gasteiger partial charge in [-0.05, 0) is 18.2 Å². The van der Waals surface area contributed by atoms with Gasteiger partial charge in [-0.3, -0.25) is 0 Å². The van der Waals surface area contributed by atoms with Crippen molar-refractivity contribution in [3.05, 3.63) is 45.1 Å². The highest BCUT2D eigenvalue weighted by Crippen LogP contribution is 2.40. The summed E-state index contributed by atoms with van der Waals surface area (Å²) < 4.78 is 22.7. The minimum atomic E-state index is 0.531. The number of benzene rings is 2. The van der Waals surface area contributed by atoms with Crippen LogP contribution in [0.15, 0.2) is 24.3 Å². The van der Waals surface area contributed by atoms with E-state index in [-0.39, 0.29) is 0 Å². The Hall–Kier alpha value is -3.08. The van der Waals surface area contributed by atoms with Crippen molar-refractivity contribution in [2.75, 3.05) is 35.0 Å². The zero-order chi connectivity index (χ0) is 19.1. The van der Waals surface area contributed by atoms with Crippen molar-refractivity contribution in [1.29, 1.82) is 0 Å². The summed E-state index contributed by atoms with van der Waals surface area (Å²) in [5, 5.41) is 4.34. The second-order valence-corrected chi connectivity index (χ2v) is 6.44. The third-order valence-electron chi connectivity index (χ3n) is 5.25. The number of nitrogens with zero attached hydrogens (tertiary/aromatic N) is 1. The van der Waals surface area contributed by atoms with Crippen LogP contribution >= 0.6 is 0 Å². The first-order valence-corrected chi connectivity index (χ1v) is 8.81. The number of hydrogen-bond donors (Lipinski definition) is 0. The monoisotopic (exact) mass is 365 g/mol. The summed E-state index contributed by atoms with van der Waals surface area (Å²) in [7, 11) is 6.51. The average Bonchev–Trinajstić information content (AvgIpc) is 2.71. The van der Waals surface area contributed by atoms with Crippen LogP contribution in [0.2, 0.25) is 0 Å². The molecule has 0 spiro atoms. The third-order valence-corrected chi connectivity index (χ3v) is 5.25. The Bertz CT molecular complexity index is 1160. The molecule has 5 heteroatoms. The first-order chi connectivity index (χ1) is 13.2. The van der Waals surface area contributed by atoms with Gasteiger partial charge in [-0.2, -0.15) is 0 Å². The Balaban J connectivity index is 2.24. The van der Waals surface area contributed by atoms with E-state index in [4.69, 9.17) is 18.9 Å². The van der Waals surface area contributed by atoms with E-state index in [1.54, 1.807) is 28.4 Å². The molecule has 0 saturated carbocycles. The minimum Gasteiger partial charge on any atom is -0.492 e. The Morgan fingerprint density at radius 1 is 0.815 bits per heavy atom. The quantitative estimate of drug-likeness (QED) is 0.791. The highest BCUT2D eigenvalue weighted by atomic mass is 16.5. The molecule has 2 heterocycles. The van der Waals surface area contributed by atoms with Gasteiger partial charge in [0.25, 0.3) is 0 Å². The summed E-state index contributed by atoms with van der Waals surface area (Å²) in [4.78, 5) is 2.29. The number of methoxy groups -OCH3 is 4. The van der Waals surface area contributed by atoms with Crippen molar-refractivity contribution in [3.63, 3.8) is 0 Å². The van der Waals surface area contributed by atoms with Crippen LogP contribution in [0.1, 0.15) is 6.92 Å². The van der Waals surface area contributed by atoms with Gasteiger partial charge < -0.3 is 23.8 Å². The van der Waals surface area contributed by atoms with Gasteiger partial charge in [-0.25, -0.2) is 0 Å². The predicted octanol–water partition coefficient (Wildman–Crippen LogP) is 0.548. The molecule has 2 aromatic carbocycles. The Morgan fingerprint density at radius 2 is 1.44 bits per heavy atom. The molecule has 0 radical (unpaired) electrons. The fourth-order valence-corrected chi connectivity index (χ4v) is 4.02. The lowest BCUT2D eigenvalue weighted by atomic mass is 10.0. The Labute approximate surface area is 158 Å². The second kappa shape index (κ2) is 6.58. The molecule has 27 heavy (non-hydrogen) atoms. The molecule has 0 amide bonds. The Kier molecular flexibility index (Phi) is 4.22. The summed E-state index contributed by atoms with van der Waals surface area (Å²) in [6.07, 6.45) is 4.34. The number of rotatable bonds is 4. The maximum absolute atomic E-state index is 5.79. The predicted molar refractivity (Wildman–Crippen MR) is 106 cm³/mol. The highest BCUT2D eigenvalue weighted by Gasteiger charge is 2.27. The van der Waals surface area contributed by atoms with Gasteiger partial charge in [0.05, 0.1) is 39.4 Å². The molecule has 2 aliphatic rings. The SMILES string of the molecule is COc1c(OC)c(OC)c2c(c1OC)=CCN1C(C)=c3ccccc3=CC=21. The molecule has 2 aliphatic heterocycles. The molecule has 0 saturated heterocycles. The van der Waals surface area contributed by atoms with Crippen LogP contribution in [0.4, 0.5) is 0 Å². The lowest BCUT2D eigenvalue weighted by molar-refractivity contribution is 0.301. The van der Waals surface area contributed by atoms with Crippen molar-refractivity contribution in [2.45, 2.75) is 6.92 Å². The topological polar surface area (TPSA) is 40.2 Å². The average molecular weight is 365 g/mol. The van der Waals surface area contributed by atoms with Crippen molar-refractivity contribution in [1.82, 2.24) is 4.90 Å². The first-order valence-electron chi connectivity index (χ1n) is 8.81. The normalized spacial score (nSPS) is 14.3. The molecule has 0 N–H and O–H groups in total. The van der Waals surface area contributed by atoms with Crippen LogP contribution in [-0.4, -0.2) is 39.9 Å². The fraction of sp³-hybridized carbons (Fsp3) is 0.273. The molecular formula is C22H23NO4. The molecule has 5 nitrogen and oxygen atoms in total. The molecule has 0 aromatic heterocycles. The molecule has 0 unspecified atom stereocenters. The van der Waals surface area contributed by atoms with E-state index in [0.717, 1.165) is 22.7 Å². The van der Waals surface area contributed by atoms with E-state index in [1.807, 2.05) is 0 Å². The number of ether oxygens (including phenoxy) is 4. The minimum absolute atomic E-state index is 0.531. The molecule has 140 valence electrons. The number of fused-ring (bicyclic) bond motifs is 3. The number of hydrogen-bond acceptors (Lipinski definition) is 5. The van der Waals surface area contributed by atoms with Gasteiger partial charge in [0, 0.05) is 22.7 Å². The zero-order valence-electron chi connectivity index (χ0n) is 16.3. The van der Waals surface area contributed by atoms with E-state index in [2.05, 4.69) is 48.2 Å². The molecule has 0 fully saturated rings. The lowest BCUT2D eigenvalue weighted by Crippen LogP contribution is -2.46. The van der Waals surface area contributed by atoms with Gasteiger partial charge in [-0.1, -0.05) is 30.3 Å². The van der Waals surface area contributed by atoms with Gasteiger partial charge in [0.15, 0.2) is 11.5 Å². The molecule has 0 atom stereocenters. The maximum atomic E-state index is 5.79. The van der Waals surface area contributed by atoms with Crippen molar-refractivity contribution in [3.8, 4) is 23.0 Å². The summed E-state index contributed by atoms with van der Waals surface area (Å²) in [5.41, 5.74) is 2.28. The van der Waals surface area contributed by atoms with Crippen LogP contribution in [0, 0.1) is 0 Å². The van der Waals surface area contributed by atoms with E-state index in [1.165, 1.54) is 16.1 Å². The summed E-state index contributed by atoms with van der Waals surface area (Å²) in [6.45, 7) is 2.89. The van der Waals surface area contributed by atoms with Gasteiger partial charge in [0.2, 0.25) is 11.5 Å². The molecule has 4 rings (SSSR count). The van der Waals surface area contributed by atoms with Crippen molar-refractivity contribution < 1.29 is 18.9 Å². The van der Waals surface area contributed by atoms with Gasteiger partial charge in [-0.15, -0.1) is 0 Å². The van der Waals surface area contributed by atoms with Crippen LogP contribution in [0.3, 0.4) is 0 Å². The zero-order valence-corrected chi connectivity index (χ0v) is 16.3. The molecule has 0 aliphatic carbocycles. The van der Waals surface area contributed by atoms with E-state index in [9.17, 15) is 0 Å². The standard InChI is InChI=1S/C22H23NO4/c1-13-15-9-7-6-8-14(15)12-17-18-16(10-11-23(13)17)19(24-2)21(26-4)22(27-5)20(18)25-3/h6-10,12H,11H2,1-5H3. The van der Waals surface area contributed by atoms with E-state index in [0.29, 0.717) is 23.0 Å². The highest BCUT2D eigenvalue weighted by molar-refractivity contribution is 5.85. The van der Waals surface area contributed by atoms with Crippen LogP contribution in [-0.2, 0) is 0 Å².